The van der Waals surface area contributed by atoms with E-state index in [2.05, 4.69) is 28.6 Å². The first kappa shape index (κ1) is 25.4. The largest absolute Gasteiger partial charge is 0.496 e. The van der Waals surface area contributed by atoms with Crippen molar-refractivity contribution in [3.05, 3.63) is 71.4 Å². The molecule has 39 heavy (non-hydrogen) atoms. The molecule has 0 bridgehead atoms. The van der Waals surface area contributed by atoms with Crippen molar-refractivity contribution < 1.29 is 22.6 Å². The molecule has 0 unspecified atom stereocenters. The Morgan fingerprint density at radius 1 is 1.05 bits per heavy atom. The SMILES string of the molecule is COc1cc(C(F)(F)F)ccc1-c1cccc2cnc(Nc3ccc(C4CCNCC4)c4c3O[C@H](C)C4)nc12. The Bertz CT molecular complexity index is 1530. The van der Waals surface area contributed by atoms with Crippen molar-refractivity contribution in [3.63, 3.8) is 0 Å². The summed E-state index contributed by atoms with van der Waals surface area (Å²) in [7, 11) is 1.36. The molecule has 6 rings (SSSR count). The minimum Gasteiger partial charge on any atom is -0.496 e. The van der Waals surface area contributed by atoms with Gasteiger partial charge in [-0.2, -0.15) is 13.2 Å². The Kier molecular flexibility index (Phi) is 6.54. The van der Waals surface area contributed by atoms with Crippen LogP contribution in [0.25, 0.3) is 22.0 Å². The number of methoxy groups -OCH3 is 1. The van der Waals surface area contributed by atoms with Crippen molar-refractivity contribution >= 4 is 22.5 Å². The van der Waals surface area contributed by atoms with E-state index in [1.807, 2.05) is 24.3 Å². The number of rotatable bonds is 5. The van der Waals surface area contributed by atoms with Gasteiger partial charge in [0.15, 0.2) is 0 Å². The van der Waals surface area contributed by atoms with Crippen LogP contribution in [0.1, 0.15) is 42.4 Å². The third kappa shape index (κ3) is 4.87. The maximum atomic E-state index is 13.3. The van der Waals surface area contributed by atoms with Crippen molar-refractivity contribution in [2.24, 2.45) is 0 Å². The number of nitrogens with zero attached hydrogens (tertiary/aromatic N) is 2. The topological polar surface area (TPSA) is 68.3 Å². The molecule has 0 saturated carbocycles. The van der Waals surface area contributed by atoms with Gasteiger partial charge in [-0.25, -0.2) is 9.97 Å². The van der Waals surface area contributed by atoms with E-state index in [9.17, 15) is 13.2 Å². The summed E-state index contributed by atoms with van der Waals surface area (Å²) in [5.74, 6) is 1.86. The molecular formula is C30H29F3N4O2. The van der Waals surface area contributed by atoms with E-state index in [0.717, 1.165) is 61.3 Å². The molecule has 0 aliphatic carbocycles. The highest BCUT2D eigenvalue weighted by Crippen LogP contribution is 2.44. The molecule has 4 aromatic rings. The van der Waals surface area contributed by atoms with Crippen molar-refractivity contribution in [2.75, 3.05) is 25.5 Å². The van der Waals surface area contributed by atoms with Crippen LogP contribution in [-0.4, -0.2) is 36.3 Å². The predicted octanol–water partition coefficient (Wildman–Crippen LogP) is 6.86. The first-order valence-electron chi connectivity index (χ1n) is 13.1. The summed E-state index contributed by atoms with van der Waals surface area (Å²) in [4.78, 5) is 9.30. The summed E-state index contributed by atoms with van der Waals surface area (Å²) >= 11 is 0. The monoisotopic (exact) mass is 534 g/mol. The third-order valence-electron chi connectivity index (χ3n) is 7.56. The zero-order chi connectivity index (χ0) is 27.1. The Morgan fingerprint density at radius 2 is 1.87 bits per heavy atom. The molecule has 0 amide bonds. The molecule has 2 aliphatic rings. The highest BCUT2D eigenvalue weighted by molar-refractivity contribution is 5.95. The van der Waals surface area contributed by atoms with Gasteiger partial charge in [-0.3, -0.25) is 0 Å². The van der Waals surface area contributed by atoms with Gasteiger partial charge in [0, 0.05) is 34.7 Å². The Balaban J connectivity index is 1.38. The average molecular weight is 535 g/mol. The zero-order valence-corrected chi connectivity index (χ0v) is 21.7. The fourth-order valence-corrected chi connectivity index (χ4v) is 5.68. The number of para-hydroxylation sites is 1. The molecular weight excluding hydrogens is 505 g/mol. The van der Waals surface area contributed by atoms with Gasteiger partial charge in [-0.1, -0.05) is 24.3 Å². The maximum Gasteiger partial charge on any atom is 0.416 e. The number of benzene rings is 3. The Labute approximate surface area is 224 Å². The van der Waals surface area contributed by atoms with Gasteiger partial charge in [0.05, 0.1) is 23.9 Å². The number of ether oxygens (including phenoxy) is 2. The number of piperidine rings is 1. The van der Waals surface area contributed by atoms with Gasteiger partial charge in [-0.15, -0.1) is 0 Å². The lowest BCUT2D eigenvalue weighted by atomic mass is 9.85. The minimum absolute atomic E-state index is 0.0830. The molecule has 2 aliphatic heterocycles. The first-order chi connectivity index (χ1) is 18.8. The molecule has 2 N–H and O–H groups in total. The van der Waals surface area contributed by atoms with Crippen LogP contribution in [0, 0.1) is 0 Å². The fourth-order valence-electron chi connectivity index (χ4n) is 5.68. The number of nitrogens with one attached hydrogen (secondary N) is 2. The van der Waals surface area contributed by atoms with Crippen molar-refractivity contribution in [3.8, 4) is 22.6 Å². The summed E-state index contributed by atoms with van der Waals surface area (Å²) in [5.41, 5.74) is 4.41. The van der Waals surface area contributed by atoms with Crippen molar-refractivity contribution in [1.29, 1.82) is 0 Å². The highest BCUT2D eigenvalue weighted by atomic mass is 19.4. The second-order valence-electron chi connectivity index (χ2n) is 10.1. The summed E-state index contributed by atoms with van der Waals surface area (Å²) in [6.07, 6.45) is 0.403. The number of halogens is 3. The number of aromatic nitrogens is 2. The molecule has 1 saturated heterocycles. The summed E-state index contributed by atoms with van der Waals surface area (Å²) in [6.45, 7) is 4.12. The van der Waals surface area contributed by atoms with Gasteiger partial charge < -0.3 is 20.1 Å². The normalized spacial score (nSPS) is 17.6. The molecule has 202 valence electrons. The van der Waals surface area contributed by atoms with E-state index < -0.39 is 11.7 Å². The average Bonchev–Trinajstić information content (AvgIpc) is 3.34. The summed E-state index contributed by atoms with van der Waals surface area (Å²) in [5, 5.41) is 7.54. The molecule has 6 nitrogen and oxygen atoms in total. The van der Waals surface area contributed by atoms with Gasteiger partial charge >= 0.3 is 6.18 Å². The van der Waals surface area contributed by atoms with Crippen LogP contribution in [0.2, 0.25) is 0 Å². The van der Waals surface area contributed by atoms with Gasteiger partial charge in [0.25, 0.3) is 0 Å². The second-order valence-corrected chi connectivity index (χ2v) is 10.1. The van der Waals surface area contributed by atoms with E-state index in [4.69, 9.17) is 14.5 Å². The molecule has 1 aromatic heterocycles. The number of alkyl halides is 3. The maximum absolute atomic E-state index is 13.3. The van der Waals surface area contributed by atoms with Crippen LogP contribution in [0.5, 0.6) is 11.5 Å². The standard InChI is InChI=1S/C30H29F3N4O2/c1-17-14-24-21(18-10-12-34-13-11-18)8-9-25(28(24)39-17)36-29-35-16-19-4-3-5-23(27(19)37-29)22-7-6-20(30(31,32)33)15-26(22)38-2/h3-9,15-18,34H,10-14H2,1-2H3,(H,35,36,37)/t17-/m1/s1. The lowest BCUT2D eigenvalue weighted by Gasteiger charge is -2.25. The molecule has 1 fully saturated rings. The van der Waals surface area contributed by atoms with Crippen LogP contribution in [-0.2, 0) is 12.6 Å². The van der Waals surface area contributed by atoms with Crippen LogP contribution in [0.3, 0.4) is 0 Å². The van der Waals surface area contributed by atoms with Crippen LogP contribution in [0.4, 0.5) is 24.8 Å². The molecule has 0 spiro atoms. The van der Waals surface area contributed by atoms with E-state index in [1.165, 1.54) is 24.3 Å². The minimum atomic E-state index is -4.47. The van der Waals surface area contributed by atoms with E-state index in [-0.39, 0.29) is 11.9 Å². The number of fused-ring (bicyclic) bond motifs is 2. The number of anilines is 2. The lowest BCUT2D eigenvalue weighted by Crippen LogP contribution is -2.27. The summed E-state index contributed by atoms with van der Waals surface area (Å²) in [6, 6.07) is 13.2. The van der Waals surface area contributed by atoms with Crippen molar-refractivity contribution in [1.82, 2.24) is 15.3 Å². The molecule has 3 aromatic carbocycles. The molecule has 3 heterocycles. The van der Waals surface area contributed by atoms with Gasteiger partial charge in [-0.05, 0) is 68.6 Å². The second kappa shape index (κ2) is 10.0. The third-order valence-corrected chi connectivity index (χ3v) is 7.56. The highest BCUT2D eigenvalue weighted by Gasteiger charge is 2.32. The lowest BCUT2D eigenvalue weighted by molar-refractivity contribution is -0.137. The fraction of sp³-hybridized carbons (Fsp3) is 0.333. The van der Waals surface area contributed by atoms with E-state index in [0.29, 0.717) is 28.5 Å². The first-order valence-corrected chi connectivity index (χ1v) is 13.1. The number of hydrogen-bond donors (Lipinski definition) is 2. The smallest absolute Gasteiger partial charge is 0.416 e. The zero-order valence-electron chi connectivity index (χ0n) is 21.7. The van der Waals surface area contributed by atoms with E-state index >= 15 is 0 Å². The van der Waals surface area contributed by atoms with Crippen molar-refractivity contribution in [2.45, 2.75) is 44.4 Å². The Hall–Kier alpha value is -3.85. The number of hydrogen-bond acceptors (Lipinski definition) is 6. The van der Waals surface area contributed by atoms with Crippen LogP contribution >= 0.6 is 0 Å². The summed E-state index contributed by atoms with van der Waals surface area (Å²) < 4.78 is 51.5. The molecule has 1 atom stereocenters. The van der Waals surface area contributed by atoms with Crippen LogP contribution < -0.4 is 20.1 Å². The van der Waals surface area contributed by atoms with Gasteiger partial charge in [0.2, 0.25) is 5.95 Å². The Morgan fingerprint density at radius 3 is 2.64 bits per heavy atom. The quantitative estimate of drug-likeness (QED) is 0.292. The molecule has 9 heteroatoms. The van der Waals surface area contributed by atoms with Gasteiger partial charge in [0.1, 0.15) is 17.6 Å². The predicted molar refractivity (Wildman–Crippen MR) is 145 cm³/mol. The van der Waals surface area contributed by atoms with E-state index in [1.54, 1.807) is 6.20 Å². The van der Waals surface area contributed by atoms with Crippen LogP contribution in [0.15, 0.2) is 54.7 Å². The molecule has 0 radical (unpaired) electrons.